The summed E-state index contributed by atoms with van der Waals surface area (Å²) in [6, 6.07) is 13.0. The lowest BCUT2D eigenvalue weighted by atomic mass is 9.96. The molecular weight excluding hydrogens is 578 g/mol. The number of fused-ring (bicyclic) bond motifs is 1. The number of benzene rings is 2. The molecule has 0 radical (unpaired) electrons. The van der Waals surface area contributed by atoms with Gasteiger partial charge in [0.1, 0.15) is 0 Å². The number of hydrogen-bond donors (Lipinski definition) is 3. The summed E-state index contributed by atoms with van der Waals surface area (Å²) in [7, 11) is 0. The molecule has 2 aliphatic heterocycles. The highest BCUT2D eigenvalue weighted by molar-refractivity contribution is 5.96. The normalized spacial score (nSPS) is 17.9. The molecule has 12 heteroatoms. The van der Waals surface area contributed by atoms with Crippen LogP contribution >= 0.6 is 0 Å². The minimum absolute atomic E-state index is 0.0450. The van der Waals surface area contributed by atoms with E-state index in [2.05, 4.69) is 25.9 Å². The van der Waals surface area contributed by atoms with Crippen LogP contribution in [0.3, 0.4) is 0 Å². The number of hydrogen-bond acceptors (Lipinski definition) is 7. The van der Waals surface area contributed by atoms with E-state index < -0.39 is 6.43 Å². The van der Waals surface area contributed by atoms with Crippen molar-refractivity contribution in [2.45, 2.75) is 38.7 Å². The Morgan fingerprint density at radius 1 is 1.02 bits per heavy atom. The summed E-state index contributed by atoms with van der Waals surface area (Å²) in [5.41, 5.74) is 5.50. The minimum atomic E-state index is -2.33. The predicted molar refractivity (Wildman–Crippen MR) is 169 cm³/mol. The first-order valence-electron chi connectivity index (χ1n) is 15.4. The van der Waals surface area contributed by atoms with Crippen molar-refractivity contribution in [1.82, 2.24) is 34.8 Å². The first kappa shape index (κ1) is 30.6. The number of halogens is 2. The van der Waals surface area contributed by atoms with Crippen molar-refractivity contribution in [3.8, 4) is 11.3 Å². The van der Waals surface area contributed by atoms with Crippen molar-refractivity contribution in [2.24, 2.45) is 0 Å². The van der Waals surface area contributed by atoms with Crippen LogP contribution in [0.15, 0.2) is 61.1 Å². The van der Waals surface area contributed by atoms with E-state index in [0.717, 1.165) is 41.2 Å². The van der Waals surface area contributed by atoms with E-state index in [1.807, 2.05) is 76.7 Å². The molecule has 4 aromatic rings. The number of amides is 2. The van der Waals surface area contributed by atoms with Crippen molar-refractivity contribution in [3.63, 3.8) is 0 Å². The molecule has 0 bridgehead atoms. The van der Waals surface area contributed by atoms with Gasteiger partial charge in [0.25, 0.3) is 5.91 Å². The molecule has 2 aliphatic rings. The summed E-state index contributed by atoms with van der Waals surface area (Å²) < 4.78 is 27.6. The molecule has 10 nitrogen and oxygen atoms in total. The molecule has 2 atom stereocenters. The van der Waals surface area contributed by atoms with Gasteiger partial charge >= 0.3 is 0 Å². The van der Waals surface area contributed by atoms with Gasteiger partial charge in [-0.05, 0) is 42.2 Å². The smallest absolute Gasteiger partial charge is 0.254 e. The zero-order valence-electron chi connectivity index (χ0n) is 25.5. The van der Waals surface area contributed by atoms with Crippen molar-refractivity contribution in [1.29, 1.82) is 0 Å². The van der Waals surface area contributed by atoms with Gasteiger partial charge in [-0.2, -0.15) is 0 Å². The van der Waals surface area contributed by atoms with Crippen LogP contribution in [-0.2, 0) is 4.79 Å². The van der Waals surface area contributed by atoms with Gasteiger partial charge in [-0.3, -0.25) is 14.0 Å². The molecule has 0 spiro atoms. The molecule has 236 valence electrons. The zero-order valence-corrected chi connectivity index (χ0v) is 25.5. The van der Waals surface area contributed by atoms with Crippen LogP contribution in [0.1, 0.15) is 40.7 Å². The number of carbonyl (C=O) groups excluding carboxylic acids is 2. The summed E-state index contributed by atoms with van der Waals surface area (Å²) in [4.78, 5) is 39.0. The summed E-state index contributed by atoms with van der Waals surface area (Å²) in [5.74, 6) is 0.377. The number of anilines is 2. The Kier molecular flexibility index (Phi) is 9.04. The Morgan fingerprint density at radius 2 is 1.78 bits per heavy atom. The van der Waals surface area contributed by atoms with Crippen LogP contribution in [0, 0.1) is 6.92 Å². The second-order valence-corrected chi connectivity index (χ2v) is 11.7. The Morgan fingerprint density at radius 3 is 2.47 bits per heavy atom. The van der Waals surface area contributed by atoms with Crippen molar-refractivity contribution >= 4 is 29.0 Å². The lowest BCUT2D eigenvalue weighted by Gasteiger charge is -2.37. The lowest BCUT2D eigenvalue weighted by molar-refractivity contribution is -0.135. The maximum absolute atomic E-state index is 13.4. The van der Waals surface area contributed by atoms with Crippen molar-refractivity contribution in [2.75, 3.05) is 51.1 Å². The highest BCUT2D eigenvalue weighted by Crippen LogP contribution is 2.29. The molecule has 45 heavy (non-hydrogen) atoms. The molecule has 2 aromatic carbocycles. The molecule has 4 heterocycles. The Balaban J connectivity index is 1.11. The van der Waals surface area contributed by atoms with E-state index in [4.69, 9.17) is 0 Å². The van der Waals surface area contributed by atoms with E-state index >= 15 is 0 Å². The number of aryl methyl sites for hydroxylation is 1. The van der Waals surface area contributed by atoms with Gasteiger partial charge < -0.3 is 25.8 Å². The highest BCUT2D eigenvalue weighted by atomic mass is 19.3. The van der Waals surface area contributed by atoms with Gasteiger partial charge in [0, 0.05) is 81.4 Å². The Hall–Kier alpha value is -4.42. The number of nitrogens with zero attached hydrogens (tertiary/aromatic N) is 5. The fourth-order valence-corrected chi connectivity index (χ4v) is 6.07. The van der Waals surface area contributed by atoms with Crippen molar-refractivity contribution in [3.05, 3.63) is 77.7 Å². The number of aromatic nitrogens is 3. The summed E-state index contributed by atoms with van der Waals surface area (Å²) in [6.45, 7) is 8.01. The lowest BCUT2D eigenvalue weighted by Crippen LogP contribution is -2.60. The molecule has 0 saturated carbocycles. The number of rotatable bonds is 8. The third kappa shape index (κ3) is 6.66. The number of carbonyl (C=O) groups is 2. The molecule has 2 amide bonds. The van der Waals surface area contributed by atoms with Crippen LogP contribution < -0.4 is 16.0 Å². The molecule has 0 aliphatic carbocycles. The average molecular weight is 617 g/mol. The topological polar surface area (TPSA) is 107 Å². The quantitative estimate of drug-likeness (QED) is 0.274. The minimum Gasteiger partial charge on any atom is -0.338 e. The van der Waals surface area contributed by atoms with Gasteiger partial charge in [0.05, 0.1) is 17.9 Å². The Labute approximate surface area is 260 Å². The van der Waals surface area contributed by atoms with E-state index in [1.165, 1.54) is 0 Å². The van der Waals surface area contributed by atoms with Gasteiger partial charge in [-0.25, -0.2) is 18.7 Å². The largest absolute Gasteiger partial charge is 0.338 e. The maximum atomic E-state index is 13.4. The molecule has 2 aromatic heterocycles. The number of imidazole rings is 1. The van der Waals surface area contributed by atoms with Gasteiger partial charge in [0.2, 0.25) is 12.3 Å². The van der Waals surface area contributed by atoms with Crippen LogP contribution in [0.4, 0.5) is 20.3 Å². The Bertz CT molecular complexity index is 1660. The summed E-state index contributed by atoms with van der Waals surface area (Å²) in [6.07, 6.45) is 2.79. The van der Waals surface area contributed by atoms with Gasteiger partial charge in [0.15, 0.2) is 11.5 Å². The van der Waals surface area contributed by atoms with E-state index in [0.29, 0.717) is 49.8 Å². The fraction of sp³-hybridized carbons (Fsp3) is 0.394. The van der Waals surface area contributed by atoms with Crippen LogP contribution in [0.2, 0.25) is 0 Å². The van der Waals surface area contributed by atoms with E-state index in [9.17, 15) is 18.4 Å². The van der Waals surface area contributed by atoms with Crippen molar-refractivity contribution < 1.29 is 18.4 Å². The van der Waals surface area contributed by atoms with Crippen LogP contribution in [-0.4, -0.2) is 94.3 Å². The molecule has 6 rings (SSSR count). The van der Waals surface area contributed by atoms with Gasteiger partial charge in [-0.1, -0.05) is 31.2 Å². The van der Waals surface area contributed by atoms with Crippen LogP contribution in [0.5, 0.6) is 0 Å². The zero-order chi connectivity index (χ0) is 31.5. The summed E-state index contributed by atoms with van der Waals surface area (Å²) >= 11 is 0. The SMILES string of the molecule is Cc1cc(Nc2nccn3c(-c4ccc(C(C)CC(F)F)cc4)cnc23)ccc1C(=O)N1CCN(C(=O)C2CNCCN2)CC1. The second-order valence-electron chi connectivity index (χ2n) is 11.7. The third-order valence-corrected chi connectivity index (χ3v) is 8.67. The van der Waals surface area contributed by atoms with Gasteiger partial charge in [-0.15, -0.1) is 0 Å². The molecule has 2 fully saturated rings. The van der Waals surface area contributed by atoms with E-state index in [1.54, 1.807) is 12.4 Å². The fourth-order valence-electron chi connectivity index (χ4n) is 6.07. The van der Waals surface area contributed by atoms with Crippen LogP contribution in [0.25, 0.3) is 16.9 Å². The number of nitrogens with one attached hydrogen (secondary N) is 3. The highest BCUT2D eigenvalue weighted by Gasteiger charge is 2.30. The standard InChI is InChI=1S/C33H38F2N8O2/c1-21(18-29(34)35)23-3-5-24(6-4-23)28-20-39-31-30(38-11-12-43(28)31)40-25-7-8-26(22(2)17-25)32(44)41-13-15-42(16-14-41)33(45)27-19-36-9-10-37-27/h3-8,11-12,17,20-21,27,29,36-37H,9-10,13-16,18-19H2,1-2H3,(H,38,40). The molecule has 2 unspecified atom stereocenters. The second kappa shape index (κ2) is 13.3. The first-order chi connectivity index (χ1) is 21.8. The molecular formula is C33H38F2N8O2. The number of alkyl halides is 2. The third-order valence-electron chi connectivity index (χ3n) is 8.67. The molecule has 2 saturated heterocycles. The maximum Gasteiger partial charge on any atom is 0.254 e. The predicted octanol–water partition coefficient (Wildman–Crippen LogP) is 4.05. The monoisotopic (exact) mass is 616 g/mol. The molecule has 3 N–H and O–H groups in total. The van der Waals surface area contributed by atoms with E-state index in [-0.39, 0.29) is 30.2 Å². The number of piperazine rings is 2. The average Bonchev–Trinajstić information content (AvgIpc) is 3.50. The summed E-state index contributed by atoms with van der Waals surface area (Å²) in [5, 5.41) is 9.86. The first-order valence-corrected chi connectivity index (χ1v) is 15.4.